The molecule has 3 aliphatic rings. The van der Waals surface area contributed by atoms with Crippen molar-refractivity contribution in [2.75, 3.05) is 5.75 Å². The summed E-state index contributed by atoms with van der Waals surface area (Å²) in [5, 5.41) is 13.3. The molecule has 5 rings (SSSR count). The first-order chi connectivity index (χ1) is 15.1. The molecule has 1 aromatic carbocycles. The second-order valence-corrected chi connectivity index (χ2v) is 10.6. The fourth-order valence-electron chi connectivity index (χ4n) is 5.35. The zero-order chi connectivity index (χ0) is 21.4. The highest BCUT2D eigenvalue weighted by molar-refractivity contribution is 7.99. The number of nitrogens with one attached hydrogen (secondary N) is 1. The van der Waals surface area contributed by atoms with Gasteiger partial charge in [-0.25, -0.2) is 0 Å². The standard InChI is InChI=1S/C23H29ClN4O2S/c1-14(18-11-15-6-7-16(18)10-15)25-22(29)13-31-23-27-26-21(28(23)17-8-9-17)12-30-20-5-3-2-4-19(20)24/h2-5,14-18H,6-13H2,1H3,(H,25,29). The van der Waals surface area contributed by atoms with Gasteiger partial charge in [-0.05, 0) is 68.9 Å². The lowest BCUT2D eigenvalue weighted by atomic mass is 9.84. The molecule has 0 saturated heterocycles. The van der Waals surface area contributed by atoms with Gasteiger partial charge in [0.05, 0.1) is 10.8 Å². The van der Waals surface area contributed by atoms with E-state index in [2.05, 4.69) is 27.0 Å². The maximum atomic E-state index is 12.6. The van der Waals surface area contributed by atoms with Gasteiger partial charge in [-0.2, -0.15) is 0 Å². The maximum absolute atomic E-state index is 12.6. The lowest BCUT2D eigenvalue weighted by molar-refractivity contribution is -0.119. The fraction of sp³-hybridized carbons (Fsp3) is 0.609. The number of amides is 1. The van der Waals surface area contributed by atoms with Crippen molar-refractivity contribution in [3.8, 4) is 5.75 Å². The largest absolute Gasteiger partial charge is 0.484 e. The summed E-state index contributed by atoms with van der Waals surface area (Å²) in [4.78, 5) is 12.6. The lowest BCUT2D eigenvalue weighted by Crippen LogP contribution is -2.40. The van der Waals surface area contributed by atoms with Gasteiger partial charge in [0.25, 0.3) is 0 Å². The number of para-hydroxylation sites is 1. The van der Waals surface area contributed by atoms with Crippen LogP contribution in [-0.2, 0) is 11.4 Å². The van der Waals surface area contributed by atoms with Crippen LogP contribution in [0.25, 0.3) is 0 Å². The first-order valence-electron chi connectivity index (χ1n) is 11.3. The molecule has 0 spiro atoms. The number of carbonyl (C=O) groups excluding carboxylic acids is 1. The predicted molar refractivity (Wildman–Crippen MR) is 121 cm³/mol. The van der Waals surface area contributed by atoms with E-state index in [1.807, 2.05) is 18.2 Å². The zero-order valence-electron chi connectivity index (χ0n) is 17.8. The molecule has 166 valence electrons. The van der Waals surface area contributed by atoms with Crippen molar-refractivity contribution < 1.29 is 9.53 Å². The predicted octanol–water partition coefficient (Wildman–Crippen LogP) is 4.88. The average molecular weight is 461 g/mol. The molecule has 0 radical (unpaired) electrons. The second kappa shape index (κ2) is 9.02. The minimum Gasteiger partial charge on any atom is -0.484 e. The monoisotopic (exact) mass is 460 g/mol. The number of thioether (sulfide) groups is 1. The molecule has 3 fully saturated rings. The summed E-state index contributed by atoms with van der Waals surface area (Å²) in [6.07, 6.45) is 7.59. The first-order valence-corrected chi connectivity index (χ1v) is 12.7. The van der Waals surface area contributed by atoms with Crippen LogP contribution in [0.4, 0.5) is 0 Å². The van der Waals surface area contributed by atoms with Crippen molar-refractivity contribution >= 4 is 29.3 Å². The van der Waals surface area contributed by atoms with Crippen LogP contribution < -0.4 is 10.1 Å². The Morgan fingerprint density at radius 3 is 2.81 bits per heavy atom. The number of aromatic nitrogens is 3. The number of hydrogen-bond donors (Lipinski definition) is 1. The summed E-state index contributed by atoms with van der Waals surface area (Å²) < 4.78 is 8.00. The molecule has 0 aliphatic heterocycles. The number of benzene rings is 1. The minimum atomic E-state index is 0.0829. The number of nitrogens with zero attached hydrogens (tertiary/aromatic N) is 3. The van der Waals surface area contributed by atoms with Crippen molar-refractivity contribution in [3.05, 3.63) is 35.1 Å². The third-order valence-electron chi connectivity index (χ3n) is 7.00. The van der Waals surface area contributed by atoms with Crippen molar-refractivity contribution in [2.24, 2.45) is 17.8 Å². The average Bonchev–Trinajstić information content (AvgIpc) is 3.19. The Morgan fingerprint density at radius 1 is 1.26 bits per heavy atom. The van der Waals surface area contributed by atoms with E-state index in [4.69, 9.17) is 16.3 Å². The summed E-state index contributed by atoms with van der Waals surface area (Å²) in [6, 6.07) is 8.07. The van der Waals surface area contributed by atoms with Crippen LogP contribution in [0, 0.1) is 17.8 Å². The molecule has 31 heavy (non-hydrogen) atoms. The molecule has 1 aromatic heterocycles. The normalized spacial score (nSPS) is 25.5. The number of rotatable bonds is 9. The molecule has 1 heterocycles. The van der Waals surface area contributed by atoms with E-state index in [-0.39, 0.29) is 11.9 Å². The first kappa shape index (κ1) is 21.1. The number of halogens is 1. The van der Waals surface area contributed by atoms with Gasteiger partial charge in [0.2, 0.25) is 5.91 Å². The summed E-state index contributed by atoms with van der Waals surface area (Å²) in [6.45, 7) is 2.48. The summed E-state index contributed by atoms with van der Waals surface area (Å²) >= 11 is 7.65. The van der Waals surface area contributed by atoms with E-state index >= 15 is 0 Å². The van der Waals surface area contributed by atoms with Gasteiger partial charge in [-0.15, -0.1) is 10.2 Å². The Labute approximate surface area is 192 Å². The molecule has 1 amide bonds. The maximum Gasteiger partial charge on any atom is 0.230 e. The molecular weight excluding hydrogens is 432 g/mol. The Hall–Kier alpha value is -1.73. The Morgan fingerprint density at radius 2 is 2.10 bits per heavy atom. The van der Waals surface area contributed by atoms with E-state index in [9.17, 15) is 4.79 Å². The van der Waals surface area contributed by atoms with Crippen LogP contribution in [-0.4, -0.2) is 32.5 Å². The molecule has 6 nitrogen and oxygen atoms in total. The summed E-state index contributed by atoms with van der Waals surface area (Å²) in [5.41, 5.74) is 0. The van der Waals surface area contributed by atoms with Crippen molar-refractivity contribution in [2.45, 2.75) is 69.3 Å². The van der Waals surface area contributed by atoms with Crippen molar-refractivity contribution in [3.63, 3.8) is 0 Å². The Balaban J connectivity index is 1.17. The van der Waals surface area contributed by atoms with E-state index in [1.165, 1.54) is 37.4 Å². The number of fused-ring (bicyclic) bond motifs is 2. The highest BCUT2D eigenvalue weighted by Gasteiger charge is 2.42. The van der Waals surface area contributed by atoms with Crippen LogP contribution in [0.3, 0.4) is 0 Å². The fourth-order valence-corrected chi connectivity index (χ4v) is 6.37. The van der Waals surface area contributed by atoms with Crippen LogP contribution in [0.5, 0.6) is 5.75 Å². The number of hydrogen-bond acceptors (Lipinski definition) is 5. The molecule has 8 heteroatoms. The minimum absolute atomic E-state index is 0.0829. The van der Waals surface area contributed by atoms with Gasteiger partial charge in [0.1, 0.15) is 12.4 Å². The lowest BCUT2D eigenvalue weighted by Gasteiger charge is -2.28. The zero-order valence-corrected chi connectivity index (χ0v) is 19.4. The molecule has 1 N–H and O–H groups in total. The Kier molecular flexibility index (Phi) is 6.15. The second-order valence-electron chi connectivity index (χ2n) is 9.20. The van der Waals surface area contributed by atoms with Gasteiger partial charge in [0, 0.05) is 12.1 Å². The van der Waals surface area contributed by atoms with Gasteiger partial charge >= 0.3 is 0 Å². The highest BCUT2D eigenvalue weighted by atomic mass is 35.5. The third-order valence-corrected chi connectivity index (χ3v) is 8.25. The third kappa shape index (κ3) is 4.72. The van der Waals surface area contributed by atoms with Crippen LogP contribution >= 0.6 is 23.4 Å². The molecular formula is C23H29ClN4O2S. The smallest absolute Gasteiger partial charge is 0.230 e. The molecule has 4 atom stereocenters. The summed E-state index contributed by atoms with van der Waals surface area (Å²) in [7, 11) is 0. The van der Waals surface area contributed by atoms with Crippen LogP contribution in [0.1, 0.15) is 57.3 Å². The van der Waals surface area contributed by atoms with Gasteiger partial charge < -0.3 is 10.1 Å². The topological polar surface area (TPSA) is 69.0 Å². The quantitative estimate of drug-likeness (QED) is 0.540. The van der Waals surface area contributed by atoms with E-state index in [1.54, 1.807) is 6.07 Å². The van der Waals surface area contributed by atoms with E-state index in [0.29, 0.717) is 35.1 Å². The SMILES string of the molecule is CC(NC(=O)CSc1nnc(COc2ccccc2Cl)n1C1CC1)C1CC2CCC1C2. The van der Waals surface area contributed by atoms with Gasteiger partial charge in [-0.1, -0.05) is 41.9 Å². The molecule has 2 bridgehead atoms. The van der Waals surface area contributed by atoms with E-state index < -0.39 is 0 Å². The van der Waals surface area contributed by atoms with E-state index in [0.717, 1.165) is 35.7 Å². The molecule has 3 saturated carbocycles. The molecule has 3 aliphatic carbocycles. The Bertz CT molecular complexity index is 947. The van der Waals surface area contributed by atoms with Crippen molar-refractivity contribution in [1.29, 1.82) is 0 Å². The van der Waals surface area contributed by atoms with Gasteiger partial charge in [0.15, 0.2) is 11.0 Å². The van der Waals surface area contributed by atoms with Crippen LogP contribution in [0.2, 0.25) is 5.02 Å². The highest BCUT2D eigenvalue weighted by Crippen LogP contribution is 2.49. The number of ether oxygens (including phenoxy) is 1. The van der Waals surface area contributed by atoms with Crippen LogP contribution in [0.15, 0.2) is 29.4 Å². The van der Waals surface area contributed by atoms with Crippen molar-refractivity contribution in [1.82, 2.24) is 20.1 Å². The van der Waals surface area contributed by atoms with Gasteiger partial charge in [-0.3, -0.25) is 9.36 Å². The number of carbonyl (C=O) groups is 1. The molecule has 2 aromatic rings. The summed E-state index contributed by atoms with van der Waals surface area (Å²) in [5.74, 6) is 4.22. The molecule has 4 unspecified atom stereocenters.